The first kappa shape index (κ1) is 20.2. The number of aliphatic imine (C=N–C) groups is 1. The van der Waals surface area contributed by atoms with Gasteiger partial charge in [-0.3, -0.25) is 14.7 Å². The summed E-state index contributed by atoms with van der Waals surface area (Å²) in [4.78, 5) is 4.41. The summed E-state index contributed by atoms with van der Waals surface area (Å²) < 4.78 is 25.7. The first-order valence-electron chi connectivity index (χ1n) is 8.22. The molecule has 140 valence electrons. The predicted octanol–water partition coefficient (Wildman–Crippen LogP) is 2.40. The molecular formula is C18H23ClN4O2S. The van der Waals surface area contributed by atoms with Crippen LogP contribution in [0.25, 0.3) is 0 Å². The van der Waals surface area contributed by atoms with Crippen LogP contribution >= 0.6 is 12.4 Å². The molecule has 0 aliphatic carbocycles. The van der Waals surface area contributed by atoms with Crippen molar-refractivity contribution in [1.29, 1.82) is 0 Å². The highest BCUT2D eigenvalue weighted by Gasteiger charge is 2.14. The summed E-state index contributed by atoms with van der Waals surface area (Å²) in [5, 5.41) is 1.67. The third kappa shape index (κ3) is 4.97. The van der Waals surface area contributed by atoms with Crippen LogP contribution in [0.15, 0.2) is 53.5 Å². The maximum absolute atomic E-state index is 11.6. The highest BCUT2D eigenvalue weighted by atomic mass is 35.5. The lowest BCUT2D eigenvalue weighted by Gasteiger charge is -2.13. The molecule has 1 aliphatic heterocycles. The molecule has 2 aromatic carbocycles. The average molecular weight is 395 g/mol. The molecule has 0 amide bonds. The molecule has 0 saturated heterocycles. The van der Waals surface area contributed by atoms with E-state index in [1.165, 1.54) is 5.56 Å². The Bertz CT molecular complexity index is 865. The molecule has 0 spiro atoms. The molecule has 26 heavy (non-hydrogen) atoms. The van der Waals surface area contributed by atoms with Gasteiger partial charge in [-0.25, -0.2) is 14.3 Å². The van der Waals surface area contributed by atoms with Crippen molar-refractivity contribution >= 4 is 34.0 Å². The Morgan fingerprint density at radius 1 is 1.08 bits per heavy atom. The fraction of sp³-hybridized carbons (Fsp3) is 0.278. The Morgan fingerprint density at radius 3 is 2.15 bits per heavy atom. The summed E-state index contributed by atoms with van der Waals surface area (Å²) in [6, 6.07) is 15.6. The number of hydrogen-bond donors (Lipinski definition) is 2. The molecule has 1 aliphatic rings. The van der Waals surface area contributed by atoms with Crippen molar-refractivity contribution in [2.45, 2.75) is 13.3 Å². The lowest BCUT2D eigenvalue weighted by atomic mass is 10.0. The molecule has 8 heteroatoms. The molecule has 0 unspecified atom stereocenters. The minimum absolute atomic E-state index is 0. The second-order valence-electron chi connectivity index (χ2n) is 5.97. The third-order valence-corrected chi connectivity index (χ3v) is 5.41. The Hall–Kier alpha value is -2.09. The van der Waals surface area contributed by atoms with E-state index < -0.39 is 10.0 Å². The van der Waals surface area contributed by atoms with Crippen molar-refractivity contribution < 1.29 is 8.42 Å². The van der Waals surface area contributed by atoms with Crippen molar-refractivity contribution in [2.24, 2.45) is 10.8 Å². The molecule has 3 rings (SSSR count). The number of nitrogens with zero attached hydrogens (tertiary/aromatic N) is 2. The van der Waals surface area contributed by atoms with Gasteiger partial charge in [-0.2, -0.15) is 0 Å². The van der Waals surface area contributed by atoms with Crippen molar-refractivity contribution in [3.8, 4) is 0 Å². The first-order valence-corrected chi connectivity index (χ1v) is 9.87. The maximum atomic E-state index is 11.6. The van der Waals surface area contributed by atoms with Gasteiger partial charge in [0, 0.05) is 11.3 Å². The van der Waals surface area contributed by atoms with Crippen molar-refractivity contribution in [1.82, 2.24) is 5.01 Å². The quantitative estimate of drug-likeness (QED) is 0.736. The number of anilines is 1. The molecule has 0 fully saturated rings. The van der Waals surface area contributed by atoms with Crippen LogP contribution in [0.2, 0.25) is 0 Å². The standard InChI is InChI=1S/C18H22N4O2S.ClH/c1-2-25(23,24)21-17-9-5-15(6-10-17)13-14-3-7-16(8-4-14)18-20-11-12-22(18)19;/h3-10,21H,2,11-13,19H2,1H3;1H. The minimum atomic E-state index is -3.24. The number of nitrogens with two attached hydrogens (primary N) is 1. The molecule has 0 radical (unpaired) electrons. The normalized spacial score (nSPS) is 13.9. The van der Waals surface area contributed by atoms with Crippen LogP contribution in [0.5, 0.6) is 0 Å². The van der Waals surface area contributed by atoms with Crippen molar-refractivity contribution in [3.63, 3.8) is 0 Å². The van der Waals surface area contributed by atoms with Crippen LogP contribution in [-0.4, -0.2) is 38.1 Å². The zero-order chi connectivity index (χ0) is 17.9. The van der Waals surface area contributed by atoms with Crippen LogP contribution in [-0.2, 0) is 16.4 Å². The summed E-state index contributed by atoms with van der Waals surface area (Å²) >= 11 is 0. The Morgan fingerprint density at radius 2 is 1.65 bits per heavy atom. The van der Waals surface area contributed by atoms with E-state index >= 15 is 0 Å². The van der Waals surface area contributed by atoms with Gasteiger partial charge >= 0.3 is 0 Å². The molecule has 3 N–H and O–H groups in total. The number of hydrazine groups is 1. The highest BCUT2D eigenvalue weighted by molar-refractivity contribution is 7.92. The van der Waals surface area contributed by atoms with Gasteiger partial charge in [0.1, 0.15) is 5.84 Å². The molecule has 0 saturated carbocycles. The zero-order valence-electron chi connectivity index (χ0n) is 14.6. The molecule has 0 bridgehead atoms. The summed E-state index contributed by atoms with van der Waals surface area (Å²) in [5.41, 5.74) is 3.90. The van der Waals surface area contributed by atoms with Crippen LogP contribution < -0.4 is 10.6 Å². The van der Waals surface area contributed by atoms with Gasteiger partial charge in [-0.1, -0.05) is 36.4 Å². The van der Waals surface area contributed by atoms with Crippen LogP contribution in [0.4, 0.5) is 5.69 Å². The zero-order valence-corrected chi connectivity index (χ0v) is 16.2. The molecule has 1 heterocycles. The van der Waals surface area contributed by atoms with E-state index in [4.69, 9.17) is 5.84 Å². The molecular weight excluding hydrogens is 372 g/mol. The highest BCUT2D eigenvalue weighted by Crippen LogP contribution is 2.16. The van der Waals surface area contributed by atoms with E-state index in [2.05, 4.69) is 21.8 Å². The van der Waals surface area contributed by atoms with Gasteiger partial charge in [-0.05, 0) is 36.6 Å². The largest absolute Gasteiger partial charge is 0.293 e. The SMILES string of the molecule is CCS(=O)(=O)Nc1ccc(Cc2ccc(C3=NCCN3N)cc2)cc1.Cl. The number of benzene rings is 2. The number of amidine groups is 1. The first-order chi connectivity index (χ1) is 12.0. The van der Waals surface area contributed by atoms with Gasteiger partial charge in [0.05, 0.1) is 18.8 Å². The van der Waals surface area contributed by atoms with Crippen LogP contribution in [0.1, 0.15) is 23.6 Å². The van der Waals surface area contributed by atoms with Gasteiger partial charge in [0.2, 0.25) is 10.0 Å². The van der Waals surface area contributed by atoms with Crippen molar-refractivity contribution in [2.75, 3.05) is 23.6 Å². The molecule has 0 atom stereocenters. The Kier molecular flexibility index (Phi) is 6.63. The Balaban J connectivity index is 0.00000243. The number of nitrogens with one attached hydrogen (secondary N) is 1. The van der Waals surface area contributed by atoms with E-state index in [1.807, 2.05) is 24.3 Å². The monoisotopic (exact) mass is 394 g/mol. The predicted molar refractivity (Wildman–Crippen MR) is 108 cm³/mol. The summed E-state index contributed by atoms with van der Waals surface area (Å²) in [5.74, 6) is 6.79. The number of halogens is 1. The number of rotatable bonds is 6. The third-order valence-electron chi connectivity index (χ3n) is 4.10. The molecule has 6 nitrogen and oxygen atoms in total. The van der Waals surface area contributed by atoms with Crippen LogP contribution in [0.3, 0.4) is 0 Å². The van der Waals surface area contributed by atoms with E-state index in [1.54, 1.807) is 24.1 Å². The van der Waals surface area contributed by atoms with E-state index in [-0.39, 0.29) is 18.2 Å². The van der Waals surface area contributed by atoms with Gasteiger partial charge in [0.25, 0.3) is 0 Å². The summed E-state index contributed by atoms with van der Waals surface area (Å²) in [6.45, 7) is 3.11. The second kappa shape index (κ2) is 8.53. The Labute approximate surface area is 160 Å². The number of sulfonamides is 1. The van der Waals surface area contributed by atoms with Crippen molar-refractivity contribution in [3.05, 3.63) is 65.2 Å². The summed E-state index contributed by atoms with van der Waals surface area (Å²) in [6.07, 6.45) is 0.778. The van der Waals surface area contributed by atoms with E-state index in [0.717, 1.165) is 36.5 Å². The van der Waals surface area contributed by atoms with Crippen LogP contribution in [0, 0.1) is 0 Å². The fourth-order valence-corrected chi connectivity index (χ4v) is 3.31. The lowest BCUT2D eigenvalue weighted by Crippen LogP contribution is -2.34. The smallest absolute Gasteiger partial charge is 0.232 e. The minimum Gasteiger partial charge on any atom is -0.293 e. The molecule has 2 aromatic rings. The van der Waals surface area contributed by atoms with E-state index in [0.29, 0.717) is 5.69 Å². The van der Waals surface area contributed by atoms with Gasteiger partial charge in [0.15, 0.2) is 0 Å². The number of hydrogen-bond acceptors (Lipinski definition) is 5. The average Bonchev–Trinajstić information content (AvgIpc) is 3.03. The second-order valence-corrected chi connectivity index (χ2v) is 7.99. The molecule has 0 aromatic heterocycles. The summed E-state index contributed by atoms with van der Waals surface area (Å²) in [7, 11) is -3.24. The van der Waals surface area contributed by atoms with E-state index in [9.17, 15) is 8.42 Å². The lowest BCUT2D eigenvalue weighted by molar-refractivity contribution is 0.484. The topological polar surface area (TPSA) is 87.8 Å². The fourth-order valence-electron chi connectivity index (χ4n) is 2.67. The van der Waals surface area contributed by atoms with Gasteiger partial charge < -0.3 is 0 Å². The maximum Gasteiger partial charge on any atom is 0.232 e. The van der Waals surface area contributed by atoms with Gasteiger partial charge in [-0.15, -0.1) is 12.4 Å².